The van der Waals surface area contributed by atoms with Crippen molar-refractivity contribution in [2.24, 2.45) is 0 Å². The van der Waals surface area contributed by atoms with E-state index in [-0.39, 0.29) is 0 Å². The lowest BCUT2D eigenvalue weighted by atomic mass is 10.1. The Kier molecular flexibility index (Phi) is 4.70. The SMILES string of the molecule is Cc1ccc(-c2csc3ncnc(SCc4cccc(C#N)c4)c23)cc1. The monoisotopic (exact) mass is 373 g/mol. The molecule has 26 heavy (non-hydrogen) atoms. The summed E-state index contributed by atoms with van der Waals surface area (Å²) in [6, 6.07) is 18.5. The Balaban J connectivity index is 1.70. The highest BCUT2D eigenvalue weighted by Crippen LogP contribution is 2.38. The van der Waals surface area contributed by atoms with Gasteiger partial charge in [0, 0.05) is 16.7 Å². The molecule has 0 amide bonds. The number of rotatable bonds is 4. The second-order valence-electron chi connectivity index (χ2n) is 5.98. The van der Waals surface area contributed by atoms with Crippen molar-refractivity contribution < 1.29 is 0 Å². The molecule has 3 nitrogen and oxygen atoms in total. The van der Waals surface area contributed by atoms with E-state index in [1.54, 1.807) is 29.4 Å². The number of nitriles is 1. The first-order chi connectivity index (χ1) is 12.7. The fraction of sp³-hybridized carbons (Fsp3) is 0.0952. The Bertz CT molecular complexity index is 1110. The van der Waals surface area contributed by atoms with Crippen LogP contribution in [-0.2, 0) is 5.75 Å². The Morgan fingerprint density at radius 3 is 2.77 bits per heavy atom. The third-order valence-electron chi connectivity index (χ3n) is 4.13. The maximum Gasteiger partial charge on any atom is 0.128 e. The maximum atomic E-state index is 9.07. The Morgan fingerprint density at radius 1 is 1.12 bits per heavy atom. The first-order valence-electron chi connectivity index (χ1n) is 8.15. The molecular formula is C21H15N3S2. The van der Waals surface area contributed by atoms with Crippen LogP contribution in [0.2, 0.25) is 0 Å². The van der Waals surface area contributed by atoms with Crippen LogP contribution in [0.15, 0.2) is 65.3 Å². The zero-order valence-corrected chi connectivity index (χ0v) is 15.8. The molecule has 0 aliphatic heterocycles. The molecule has 126 valence electrons. The second kappa shape index (κ2) is 7.28. The van der Waals surface area contributed by atoms with E-state index >= 15 is 0 Å². The van der Waals surface area contributed by atoms with Gasteiger partial charge in [-0.2, -0.15) is 5.26 Å². The largest absolute Gasteiger partial charge is 0.229 e. The smallest absolute Gasteiger partial charge is 0.128 e. The quantitative estimate of drug-likeness (QED) is 0.333. The number of thiophene rings is 1. The highest BCUT2D eigenvalue weighted by Gasteiger charge is 2.13. The predicted molar refractivity (Wildman–Crippen MR) is 108 cm³/mol. The second-order valence-corrected chi connectivity index (χ2v) is 7.80. The number of hydrogen-bond acceptors (Lipinski definition) is 5. The number of nitrogens with zero attached hydrogens (tertiary/aromatic N) is 3. The van der Waals surface area contributed by atoms with E-state index in [2.05, 4.69) is 52.6 Å². The molecule has 0 atom stereocenters. The van der Waals surface area contributed by atoms with Gasteiger partial charge in [0.1, 0.15) is 16.2 Å². The zero-order chi connectivity index (χ0) is 17.9. The summed E-state index contributed by atoms with van der Waals surface area (Å²) in [6.45, 7) is 2.09. The van der Waals surface area contributed by atoms with Crippen molar-refractivity contribution in [3.05, 3.63) is 76.9 Å². The third-order valence-corrected chi connectivity index (χ3v) is 6.08. The van der Waals surface area contributed by atoms with Gasteiger partial charge >= 0.3 is 0 Å². The normalized spacial score (nSPS) is 10.8. The highest BCUT2D eigenvalue weighted by molar-refractivity contribution is 7.98. The zero-order valence-electron chi connectivity index (χ0n) is 14.1. The molecule has 2 heterocycles. The third kappa shape index (κ3) is 3.34. The van der Waals surface area contributed by atoms with Gasteiger partial charge in [-0.25, -0.2) is 9.97 Å². The number of aryl methyl sites for hydroxylation is 1. The standard InChI is InChI=1S/C21H15N3S2/c1-14-5-7-17(8-6-14)18-12-26-21-19(18)20(23-13-24-21)25-11-16-4-2-3-15(9-16)10-22/h2-9,12-13H,11H2,1H3. The molecule has 0 N–H and O–H groups in total. The van der Waals surface area contributed by atoms with Crippen LogP contribution in [-0.4, -0.2) is 9.97 Å². The van der Waals surface area contributed by atoms with Crippen molar-refractivity contribution in [2.45, 2.75) is 17.7 Å². The number of thioether (sulfide) groups is 1. The molecule has 5 heteroatoms. The van der Waals surface area contributed by atoms with Crippen LogP contribution in [0.3, 0.4) is 0 Å². The van der Waals surface area contributed by atoms with Gasteiger partial charge in [-0.05, 0) is 30.2 Å². The first kappa shape index (κ1) is 16.8. The van der Waals surface area contributed by atoms with Crippen LogP contribution in [0, 0.1) is 18.3 Å². The molecule has 2 aromatic heterocycles. The summed E-state index contributed by atoms with van der Waals surface area (Å²) in [4.78, 5) is 9.98. The van der Waals surface area contributed by atoms with Gasteiger partial charge in [-0.3, -0.25) is 0 Å². The van der Waals surface area contributed by atoms with Crippen LogP contribution < -0.4 is 0 Å². The Morgan fingerprint density at radius 2 is 1.96 bits per heavy atom. The number of fused-ring (bicyclic) bond motifs is 1. The molecule has 0 saturated carbocycles. The lowest BCUT2D eigenvalue weighted by Gasteiger charge is -2.06. The number of aromatic nitrogens is 2. The van der Waals surface area contributed by atoms with Gasteiger partial charge < -0.3 is 0 Å². The van der Waals surface area contributed by atoms with Gasteiger partial charge in [0.25, 0.3) is 0 Å². The van der Waals surface area contributed by atoms with Crippen molar-refractivity contribution in [1.82, 2.24) is 9.97 Å². The Hall–Kier alpha value is -2.68. The molecule has 4 aromatic rings. The van der Waals surface area contributed by atoms with Crippen LogP contribution >= 0.6 is 23.1 Å². The average molecular weight is 374 g/mol. The summed E-state index contributed by atoms with van der Waals surface area (Å²) in [7, 11) is 0. The molecule has 0 unspecified atom stereocenters. The molecule has 0 saturated heterocycles. The van der Waals surface area contributed by atoms with E-state index in [1.807, 2.05) is 24.3 Å². The van der Waals surface area contributed by atoms with Gasteiger partial charge in [0.2, 0.25) is 0 Å². The van der Waals surface area contributed by atoms with E-state index < -0.39 is 0 Å². The van der Waals surface area contributed by atoms with E-state index in [0.717, 1.165) is 26.6 Å². The first-order valence-corrected chi connectivity index (χ1v) is 10.0. The van der Waals surface area contributed by atoms with Crippen LogP contribution in [0.4, 0.5) is 0 Å². The molecule has 4 rings (SSSR count). The van der Waals surface area contributed by atoms with Crippen molar-refractivity contribution in [2.75, 3.05) is 0 Å². The fourth-order valence-corrected chi connectivity index (χ4v) is 4.72. The van der Waals surface area contributed by atoms with Crippen molar-refractivity contribution in [1.29, 1.82) is 5.26 Å². The van der Waals surface area contributed by atoms with Crippen LogP contribution in [0.5, 0.6) is 0 Å². The van der Waals surface area contributed by atoms with Crippen LogP contribution in [0.25, 0.3) is 21.3 Å². The van der Waals surface area contributed by atoms with E-state index in [9.17, 15) is 0 Å². The van der Waals surface area contributed by atoms with Gasteiger partial charge in [-0.1, -0.05) is 42.0 Å². The maximum absolute atomic E-state index is 9.07. The van der Waals surface area contributed by atoms with E-state index in [4.69, 9.17) is 5.26 Å². The highest BCUT2D eigenvalue weighted by atomic mass is 32.2. The summed E-state index contributed by atoms with van der Waals surface area (Å²) in [5.41, 5.74) is 5.42. The van der Waals surface area contributed by atoms with Gasteiger partial charge in [0.15, 0.2) is 0 Å². The number of hydrogen-bond donors (Lipinski definition) is 0. The van der Waals surface area contributed by atoms with Crippen LogP contribution in [0.1, 0.15) is 16.7 Å². The molecule has 0 fully saturated rings. The van der Waals surface area contributed by atoms with Crippen molar-refractivity contribution in [3.8, 4) is 17.2 Å². The minimum atomic E-state index is 0.687. The number of benzene rings is 2. The summed E-state index contributed by atoms with van der Waals surface area (Å²) in [6.07, 6.45) is 1.63. The Labute approximate surface area is 160 Å². The van der Waals surface area contributed by atoms with Gasteiger partial charge in [-0.15, -0.1) is 23.1 Å². The molecule has 0 spiro atoms. The summed E-state index contributed by atoms with van der Waals surface area (Å²) < 4.78 is 0. The topological polar surface area (TPSA) is 49.6 Å². The molecule has 0 bridgehead atoms. The van der Waals surface area contributed by atoms with Gasteiger partial charge in [0.05, 0.1) is 17.0 Å². The molecular weight excluding hydrogens is 358 g/mol. The van der Waals surface area contributed by atoms with E-state index in [0.29, 0.717) is 5.56 Å². The predicted octanol–water partition coefficient (Wildman–Crippen LogP) is 5.83. The average Bonchev–Trinajstić information content (AvgIpc) is 3.12. The molecule has 0 aliphatic rings. The summed E-state index contributed by atoms with van der Waals surface area (Å²) >= 11 is 3.33. The minimum Gasteiger partial charge on any atom is -0.229 e. The lowest BCUT2D eigenvalue weighted by Crippen LogP contribution is -1.88. The van der Waals surface area contributed by atoms with Crippen molar-refractivity contribution in [3.63, 3.8) is 0 Å². The molecule has 2 aromatic carbocycles. The van der Waals surface area contributed by atoms with Crippen molar-refractivity contribution >= 4 is 33.3 Å². The van der Waals surface area contributed by atoms with E-state index in [1.165, 1.54) is 16.7 Å². The minimum absolute atomic E-state index is 0.687. The molecule has 0 aliphatic carbocycles. The summed E-state index contributed by atoms with van der Waals surface area (Å²) in [5, 5.41) is 13.3. The summed E-state index contributed by atoms with van der Waals surface area (Å²) in [5.74, 6) is 0.769. The lowest BCUT2D eigenvalue weighted by molar-refractivity contribution is 1.11. The fourth-order valence-electron chi connectivity index (χ4n) is 2.79. The molecule has 0 radical (unpaired) electrons.